The van der Waals surface area contributed by atoms with Crippen molar-refractivity contribution < 1.29 is 27.5 Å². The molecule has 6 nitrogen and oxygen atoms in total. The lowest BCUT2D eigenvalue weighted by Crippen LogP contribution is -2.51. The molecule has 0 spiro atoms. The van der Waals surface area contributed by atoms with Crippen LogP contribution in [0.15, 0.2) is 84.4 Å². The molecule has 1 saturated heterocycles. The lowest BCUT2D eigenvalue weighted by Gasteiger charge is -2.36. The average molecular weight is 580 g/mol. The predicted octanol–water partition coefficient (Wildman–Crippen LogP) is 5.56. The van der Waals surface area contributed by atoms with E-state index >= 15 is 0 Å². The fourth-order valence-corrected chi connectivity index (χ4v) is 5.02. The fourth-order valence-electron chi connectivity index (χ4n) is 5.02. The number of amides is 2. The number of rotatable bonds is 10. The molecule has 2 N–H and O–H groups in total. The van der Waals surface area contributed by atoms with Crippen molar-refractivity contribution in [2.45, 2.75) is 39.1 Å². The van der Waals surface area contributed by atoms with E-state index in [1.807, 2.05) is 68.4 Å². The van der Waals surface area contributed by atoms with Crippen molar-refractivity contribution in [3.63, 3.8) is 0 Å². The zero-order valence-corrected chi connectivity index (χ0v) is 23.8. The van der Waals surface area contributed by atoms with Crippen molar-refractivity contribution in [3.8, 4) is 5.75 Å². The molecular weight excluding hydrogens is 543 g/mol. The number of nitrogens with zero attached hydrogens (tertiary/aromatic N) is 2. The molecule has 0 aliphatic carbocycles. The van der Waals surface area contributed by atoms with E-state index in [1.165, 1.54) is 18.2 Å². The van der Waals surface area contributed by atoms with Crippen LogP contribution in [0, 0.1) is 5.92 Å². The molecule has 0 radical (unpaired) electrons. The Morgan fingerprint density at radius 1 is 0.881 bits per heavy atom. The van der Waals surface area contributed by atoms with Crippen molar-refractivity contribution in [1.29, 1.82) is 0 Å². The molecule has 9 heteroatoms. The molecular formula is C33H36F3N3O3. The Bertz CT molecular complexity index is 1360. The SMILES string of the molecule is CC(C)Oc1ccc(CN2CCN(C(=O)C(Cc3ccccc3)/C(=C\c3ccc(C(F)(F)F)cc3)C(N)=O)CC2)cc1. The monoisotopic (exact) mass is 579 g/mol. The van der Waals surface area contributed by atoms with Crippen molar-refractivity contribution in [2.75, 3.05) is 26.2 Å². The summed E-state index contributed by atoms with van der Waals surface area (Å²) in [6.45, 7) is 6.96. The number of nitrogens with two attached hydrogens (primary N) is 1. The molecule has 42 heavy (non-hydrogen) atoms. The van der Waals surface area contributed by atoms with Crippen molar-refractivity contribution in [3.05, 3.63) is 107 Å². The van der Waals surface area contributed by atoms with Crippen molar-refractivity contribution in [1.82, 2.24) is 9.80 Å². The number of hydrogen-bond acceptors (Lipinski definition) is 4. The molecule has 0 aromatic heterocycles. The lowest BCUT2D eigenvalue weighted by atomic mass is 9.88. The van der Waals surface area contributed by atoms with Gasteiger partial charge in [0.05, 0.1) is 17.6 Å². The lowest BCUT2D eigenvalue weighted by molar-refractivity contribution is -0.138. The van der Waals surface area contributed by atoms with Gasteiger partial charge in [0.25, 0.3) is 0 Å². The van der Waals surface area contributed by atoms with Gasteiger partial charge < -0.3 is 15.4 Å². The molecule has 2 amide bonds. The minimum atomic E-state index is -4.48. The van der Waals surface area contributed by atoms with Crippen molar-refractivity contribution >= 4 is 17.9 Å². The highest BCUT2D eigenvalue weighted by Crippen LogP contribution is 2.30. The molecule has 1 aliphatic heterocycles. The summed E-state index contributed by atoms with van der Waals surface area (Å²) < 4.78 is 44.9. The molecule has 3 aromatic rings. The summed E-state index contributed by atoms with van der Waals surface area (Å²) in [7, 11) is 0. The van der Waals surface area contributed by atoms with Gasteiger partial charge in [0.15, 0.2) is 0 Å². The Morgan fingerprint density at radius 2 is 1.50 bits per heavy atom. The number of alkyl halides is 3. The number of piperazine rings is 1. The Labute approximate surface area is 244 Å². The number of halogens is 3. The first-order valence-corrected chi connectivity index (χ1v) is 14.0. The van der Waals surface area contributed by atoms with E-state index in [0.29, 0.717) is 31.7 Å². The highest BCUT2D eigenvalue weighted by atomic mass is 19.4. The van der Waals surface area contributed by atoms with Crippen molar-refractivity contribution in [2.24, 2.45) is 11.7 Å². The molecule has 0 saturated carbocycles. The van der Waals surface area contributed by atoms with E-state index < -0.39 is 23.6 Å². The van der Waals surface area contributed by atoms with Crippen LogP contribution in [0.5, 0.6) is 5.75 Å². The maximum Gasteiger partial charge on any atom is 0.416 e. The summed E-state index contributed by atoms with van der Waals surface area (Å²) in [6, 6.07) is 21.7. The van der Waals surface area contributed by atoms with Crippen LogP contribution in [0.4, 0.5) is 13.2 Å². The largest absolute Gasteiger partial charge is 0.491 e. The van der Waals surface area contributed by atoms with Gasteiger partial charge in [-0.1, -0.05) is 54.6 Å². The zero-order valence-electron chi connectivity index (χ0n) is 23.8. The van der Waals surface area contributed by atoms with Crippen LogP contribution in [-0.2, 0) is 28.7 Å². The second kappa shape index (κ2) is 13.7. The minimum absolute atomic E-state index is 0.0646. The van der Waals surface area contributed by atoms with Crippen LogP contribution >= 0.6 is 0 Å². The van der Waals surface area contributed by atoms with E-state index in [-0.39, 0.29) is 24.0 Å². The van der Waals surface area contributed by atoms with Gasteiger partial charge in [0.1, 0.15) is 5.75 Å². The van der Waals surface area contributed by atoms with Gasteiger partial charge >= 0.3 is 6.18 Å². The molecule has 1 aliphatic rings. The number of carbonyl (C=O) groups excluding carboxylic acids is 2. The number of benzene rings is 3. The Morgan fingerprint density at radius 3 is 2.05 bits per heavy atom. The van der Waals surface area contributed by atoms with Crippen LogP contribution < -0.4 is 10.5 Å². The highest BCUT2D eigenvalue weighted by molar-refractivity contribution is 6.03. The Kier molecular flexibility index (Phi) is 10.1. The predicted molar refractivity (Wildman–Crippen MR) is 156 cm³/mol. The number of carbonyl (C=O) groups is 2. The number of hydrogen-bond donors (Lipinski definition) is 1. The molecule has 1 atom stereocenters. The first-order valence-electron chi connectivity index (χ1n) is 14.0. The second-order valence-corrected chi connectivity index (χ2v) is 10.7. The zero-order chi connectivity index (χ0) is 30.3. The molecule has 222 valence electrons. The van der Waals surface area contributed by atoms with Gasteiger partial charge in [-0.15, -0.1) is 0 Å². The summed E-state index contributed by atoms with van der Waals surface area (Å²) in [5.41, 5.74) is 7.39. The van der Waals surface area contributed by atoms with E-state index in [0.717, 1.165) is 35.6 Å². The molecule has 4 rings (SSSR count). The van der Waals surface area contributed by atoms with Gasteiger partial charge in [-0.2, -0.15) is 13.2 Å². The second-order valence-electron chi connectivity index (χ2n) is 10.7. The first-order chi connectivity index (χ1) is 20.0. The van der Waals surface area contributed by atoms with E-state index in [1.54, 1.807) is 4.90 Å². The third-order valence-electron chi connectivity index (χ3n) is 7.19. The summed E-state index contributed by atoms with van der Waals surface area (Å²) in [5, 5.41) is 0. The summed E-state index contributed by atoms with van der Waals surface area (Å²) >= 11 is 0. The fraction of sp³-hybridized carbons (Fsp3) is 0.333. The van der Waals surface area contributed by atoms with Crippen LogP contribution in [0.2, 0.25) is 0 Å². The van der Waals surface area contributed by atoms with Crippen LogP contribution in [0.1, 0.15) is 36.1 Å². The van der Waals surface area contributed by atoms with E-state index in [4.69, 9.17) is 10.5 Å². The van der Waals surface area contributed by atoms with Crippen LogP contribution in [0.25, 0.3) is 6.08 Å². The molecule has 0 bridgehead atoms. The summed E-state index contributed by atoms with van der Waals surface area (Å²) in [4.78, 5) is 30.6. The number of ether oxygens (including phenoxy) is 1. The molecule has 1 heterocycles. The Balaban J connectivity index is 1.50. The molecule has 3 aromatic carbocycles. The quantitative estimate of drug-likeness (QED) is 0.319. The highest BCUT2D eigenvalue weighted by Gasteiger charge is 2.33. The maximum absolute atomic E-state index is 13.9. The van der Waals surface area contributed by atoms with E-state index in [2.05, 4.69) is 4.90 Å². The standard InChI is InChI=1S/C33H36F3N3O3/c1-23(2)42-28-14-10-26(11-15-28)22-38-16-18-39(19-17-38)32(41)30(21-24-6-4-3-5-7-24)29(31(37)40)20-25-8-12-27(13-9-25)33(34,35)36/h3-15,20,23,30H,16-19,21-22H2,1-2H3,(H2,37,40)/b29-20+. The maximum atomic E-state index is 13.9. The molecule has 1 unspecified atom stereocenters. The van der Waals surface area contributed by atoms with Gasteiger partial charge in [0, 0.05) is 38.3 Å². The minimum Gasteiger partial charge on any atom is -0.491 e. The third-order valence-corrected chi connectivity index (χ3v) is 7.19. The number of primary amides is 1. The normalized spacial score (nSPS) is 15.5. The van der Waals surface area contributed by atoms with Gasteiger partial charge in [-0.25, -0.2) is 0 Å². The summed E-state index contributed by atoms with van der Waals surface area (Å²) in [6.07, 6.45) is -2.71. The topological polar surface area (TPSA) is 75.9 Å². The van der Waals surface area contributed by atoms with Gasteiger partial charge in [-0.3, -0.25) is 14.5 Å². The van der Waals surface area contributed by atoms with Gasteiger partial charge in [0.2, 0.25) is 11.8 Å². The van der Waals surface area contributed by atoms with Crippen LogP contribution in [0.3, 0.4) is 0 Å². The average Bonchev–Trinajstić information content (AvgIpc) is 2.96. The third kappa shape index (κ3) is 8.45. The van der Waals surface area contributed by atoms with Gasteiger partial charge in [-0.05, 0) is 67.3 Å². The van der Waals surface area contributed by atoms with E-state index in [9.17, 15) is 22.8 Å². The summed E-state index contributed by atoms with van der Waals surface area (Å²) in [5.74, 6) is -1.08. The molecule has 1 fully saturated rings. The smallest absolute Gasteiger partial charge is 0.416 e. The first kappa shape index (κ1) is 30.8. The Hall–Kier alpha value is -4.11. The van der Waals surface area contributed by atoms with Crippen LogP contribution in [-0.4, -0.2) is 53.9 Å².